The highest BCUT2D eigenvalue weighted by atomic mass is 16.6. The molecule has 3 aromatic carbocycles. The van der Waals surface area contributed by atoms with Crippen LogP contribution in [0.5, 0.6) is 5.75 Å². The Morgan fingerprint density at radius 1 is 0.946 bits per heavy atom. The first kappa shape index (κ1) is 25.7. The van der Waals surface area contributed by atoms with E-state index in [0.717, 1.165) is 28.5 Å². The highest BCUT2D eigenvalue weighted by Gasteiger charge is 2.25. The predicted molar refractivity (Wildman–Crippen MR) is 141 cm³/mol. The lowest BCUT2D eigenvalue weighted by molar-refractivity contribution is -0.136. The summed E-state index contributed by atoms with van der Waals surface area (Å²) in [5.41, 5.74) is 3.13. The number of hydrogen-bond donors (Lipinski definition) is 1. The maximum Gasteiger partial charge on any atom is 0.408 e. The van der Waals surface area contributed by atoms with E-state index in [1.54, 1.807) is 12.1 Å². The molecule has 1 amide bonds. The van der Waals surface area contributed by atoms with Crippen LogP contribution in [0.15, 0.2) is 88.1 Å². The fourth-order valence-electron chi connectivity index (χ4n) is 4.11. The zero-order valence-electron chi connectivity index (χ0n) is 20.9. The van der Waals surface area contributed by atoms with Crippen molar-refractivity contribution in [1.29, 1.82) is 0 Å². The van der Waals surface area contributed by atoms with Gasteiger partial charge >= 0.3 is 17.7 Å². The lowest BCUT2D eigenvalue weighted by Crippen LogP contribution is -2.44. The summed E-state index contributed by atoms with van der Waals surface area (Å²) in [4.78, 5) is 38.1. The molecule has 4 aromatic rings. The Morgan fingerprint density at radius 3 is 2.30 bits per heavy atom. The molecular weight excluding hydrogens is 470 g/mol. The summed E-state index contributed by atoms with van der Waals surface area (Å²) in [7, 11) is 0. The van der Waals surface area contributed by atoms with E-state index < -0.39 is 18.1 Å². The number of carbonyl (C=O) groups is 2. The quantitative estimate of drug-likeness (QED) is 0.186. The van der Waals surface area contributed by atoms with Crippen LogP contribution < -0.4 is 15.7 Å². The fraction of sp³-hybridized carbons (Fsp3) is 0.233. The second kappa shape index (κ2) is 12.0. The zero-order valence-corrected chi connectivity index (χ0v) is 20.9. The second-order valence-corrected chi connectivity index (χ2v) is 8.77. The topological polar surface area (TPSA) is 94.8 Å². The van der Waals surface area contributed by atoms with Crippen LogP contribution in [0.4, 0.5) is 4.79 Å². The smallest absolute Gasteiger partial charge is 0.408 e. The number of rotatable bonds is 9. The normalized spacial score (nSPS) is 11.6. The maximum atomic E-state index is 13.2. The number of amides is 1. The van der Waals surface area contributed by atoms with Gasteiger partial charge in [-0.25, -0.2) is 14.4 Å². The molecule has 4 rings (SSSR count). The first-order chi connectivity index (χ1) is 17.9. The van der Waals surface area contributed by atoms with Crippen LogP contribution in [0.3, 0.4) is 0 Å². The molecule has 1 heterocycles. The monoisotopic (exact) mass is 499 g/mol. The van der Waals surface area contributed by atoms with E-state index in [-0.39, 0.29) is 24.4 Å². The SMILES string of the molecule is CCCc1c(C)c2ccc(OC(=O)C(Cc3ccccc3)NC(=O)OCc3ccccc3)cc2oc1=O. The molecule has 7 heteroatoms. The van der Waals surface area contributed by atoms with E-state index in [0.29, 0.717) is 17.6 Å². The Hall–Kier alpha value is -4.39. The van der Waals surface area contributed by atoms with Crippen LogP contribution in [-0.2, 0) is 29.0 Å². The van der Waals surface area contributed by atoms with Crippen LogP contribution in [0.2, 0.25) is 0 Å². The van der Waals surface area contributed by atoms with Crippen molar-refractivity contribution >= 4 is 23.0 Å². The first-order valence-electron chi connectivity index (χ1n) is 12.2. The largest absolute Gasteiger partial charge is 0.445 e. The molecule has 0 aliphatic rings. The van der Waals surface area contributed by atoms with Crippen molar-refractivity contribution in [1.82, 2.24) is 5.32 Å². The van der Waals surface area contributed by atoms with Crippen LogP contribution in [0.25, 0.3) is 11.0 Å². The van der Waals surface area contributed by atoms with Crippen molar-refractivity contribution in [2.24, 2.45) is 0 Å². The van der Waals surface area contributed by atoms with Gasteiger partial charge in [0, 0.05) is 23.4 Å². The maximum absolute atomic E-state index is 13.2. The van der Waals surface area contributed by atoms with Crippen LogP contribution in [0, 0.1) is 6.92 Å². The van der Waals surface area contributed by atoms with Gasteiger partial charge < -0.3 is 19.2 Å². The summed E-state index contributed by atoms with van der Waals surface area (Å²) in [5, 5.41) is 3.41. The van der Waals surface area contributed by atoms with Gasteiger partial charge in [-0.3, -0.25) is 0 Å². The summed E-state index contributed by atoms with van der Waals surface area (Å²) in [6.07, 6.45) is 0.942. The molecule has 0 saturated carbocycles. The summed E-state index contributed by atoms with van der Waals surface area (Å²) in [5.74, 6) is -0.456. The molecular formula is C30H29NO6. The minimum absolute atomic E-state index is 0.0723. The number of esters is 1. The third-order valence-electron chi connectivity index (χ3n) is 6.05. The van der Waals surface area contributed by atoms with Gasteiger partial charge in [-0.15, -0.1) is 0 Å². The standard InChI is InChI=1S/C30H29NO6/c1-3-10-25-20(2)24-16-15-23(18-27(24)37-28(25)32)36-29(33)26(17-21-11-6-4-7-12-21)31-30(34)35-19-22-13-8-5-9-14-22/h4-9,11-16,18,26H,3,10,17,19H2,1-2H3,(H,31,34). The van der Waals surface area contributed by atoms with E-state index in [9.17, 15) is 14.4 Å². The fourth-order valence-corrected chi connectivity index (χ4v) is 4.11. The van der Waals surface area contributed by atoms with E-state index in [2.05, 4.69) is 5.32 Å². The second-order valence-electron chi connectivity index (χ2n) is 8.77. The van der Waals surface area contributed by atoms with Crippen molar-refractivity contribution in [3.05, 3.63) is 112 Å². The number of benzene rings is 3. The molecule has 1 N–H and O–H groups in total. The van der Waals surface area contributed by atoms with Crippen LogP contribution in [0.1, 0.15) is 35.6 Å². The molecule has 0 bridgehead atoms. The summed E-state index contributed by atoms with van der Waals surface area (Å²) < 4.78 is 16.4. The molecule has 0 aliphatic heterocycles. The molecule has 0 fully saturated rings. The average Bonchev–Trinajstić information content (AvgIpc) is 2.90. The Kier molecular flexibility index (Phi) is 8.36. The lowest BCUT2D eigenvalue weighted by atomic mass is 10.0. The van der Waals surface area contributed by atoms with Crippen molar-refractivity contribution in [2.45, 2.75) is 45.8 Å². The summed E-state index contributed by atoms with van der Waals surface area (Å²) >= 11 is 0. The Morgan fingerprint density at radius 2 is 1.62 bits per heavy atom. The number of ether oxygens (including phenoxy) is 2. The van der Waals surface area contributed by atoms with E-state index in [1.807, 2.05) is 74.5 Å². The number of nitrogens with one attached hydrogen (secondary N) is 1. The molecule has 7 nitrogen and oxygen atoms in total. The number of fused-ring (bicyclic) bond motifs is 1. The van der Waals surface area contributed by atoms with Gasteiger partial charge in [-0.2, -0.15) is 0 Å². The number of alkyl carbamates (subject to hydrolysis) is 1. The Labute approximate surface area is 215 Å². The molecule has 0 saturated heterocycles. The minimum atomic E-state index is -0.998. The van der Waals surface area contributed by atoms with E-state index in [4.69, 9.17) is 13.9 Å². The highest BCUT2D eigenvalue weighted by Crippen LogP contribution is 2.25. The number of carbonyl (C=O) groups excluding carboxylic acids is 2. The lowest BCUT2D eigenvalue weighted by Gasteiger charge is -2.18. The molecule has 37 heavy (non-hydrogen) atoms. The van der Waals surface area contributed by atoms with Gasteiger partial charge in [-0.1, -0.05) is 74.0 Å². The molecule has 1 aromatic heterocycles. The van der Waals surface area contributed by atoms with Gasteiger partial charge in [0.15, 0.2) is 0 Å². The predicted octanol–water partition coefficient (Wildman–Crippen LogP) is 5.50. The Balaban J connectivity index is 1.51. The van der Waals surface area contributed by atoms with Crippen molar-refractivity contribution in [3.63, 3.8) is 0 Å². The molecule has 0 radical (unpaired) electrons. The summed E-state index contributed by atoms with van der Waals surface area (Å²) in [6, 6.07) is 22.5. The van der Waals surface area contributed by atoms with Crippen molar-refractivity contribution < 1.29 is 23.5 Å². The summed E-state index contributed by atoms with van der Waals surface area (Å²) in [6.45, 7) is 3.96. The van der Waals surface area contributed by atoms with E-state index >= 15 is 0 Å². The number of hydrogen-bond acceptors (Lipinski definition) is 6. The molecule has 1 unspecified atom stereocenters. The van der Waals surface area contributed by atoms with Gasteiger partial charge in [0.2, 0.25) is 0 Å². The molecule has 0 aliphatic carbocycles. The average molecular weight is 500 g/mol. The number of aryl methyl sites for hydroxylation is 1. The Bertz CT molecular complexity index is 1430. The van der Waals surface area contributed by atoms with Gasteiger partial charge in [0.25, 0.3) is 0 Å². The van der Waals surface area contributed by atoms with Gasteiger partial charge in [-0.05, 0) is 42.2 Å². The molecule has 0 spiro atoms. The molecule has 1 atom stereocenters. The zero-order chi connectivity index (χ0) is 26.2. The van der Waals surface area contributed by atoms with Crippen molar-refractivity contribution in [2.75, 3.05) is 0 Å². The first-order valence-corrected chi connectivity index (χ1v) is 12.2. The van der Waals surface area contributed by atoms with Gasteiger partial charge in [0.05, 0.1) is 0 Å². The van der Waals surface area contributed by atoms with Crippen LogP contribution in [-0.4, -0.2) is 18.1 Å². The highest BCUT2D eigenvalue weighted by molar-refractivity contribution is 5.86. The van der Waals surface area contributed by atoms with Crippen molar-refractivity contribution in [3.8, 4) is 5.75 Å². The third-order valence-corrected chi connectivity index (χ3v) is 6.05. The third kappa shape index (κ3) is 6.64. The minimum Gasteiger partial charge on any atom is -0.445 e. The molecule has 190 valence electrons. The van der Waals surface area contributed by atoms with Crippen LogP contribution >= 0.6 is 0 Å². The van der Waals surface area contributed by atoms with Gasteiger partial charge in [0.1, 0.15) is 24.0 Å². The van der Waals surface area contributed by atoms with E-state index in [1.165, 1.54) is 6.07 Å².